The van der Waals surface area contributed by atoms with Crippen LogP contribution in [0, 0.1) is 0 Å². The Labute approximate surface area is 183 Å². The molecule has 13 heteroatoms. The molecule has 1 aromatic carbocycles. The summed E-state index contributed by atoms with van der Waals surface area (Å²) in [4.78, 5) is 41.6. The van der Waals surface area contributed by atoms with Crippen molar-refractivity contribution in [2.24, 2.45) is 21.1 Å². The molecule has 0 atom stereocenters. The average molecular weight is 460 g/mol. The molecule has 0 bridgehead atoms. The van der Waals surface area contributed by atoms with Gasteiger partial charge in [-0.05, 0) is 23.9 Å². The number of hydrogen-bond acceptors (Lipinski definition) is 9. The van der Waals surface area contributed by atoms with Gasteiger partial charge in [0.15, 0.2) is 20.7 Å². The van der Waals surface area contributed by atoms with Gasteiger partial charge >= 0.3 is 5.69 Å². The fraction of sp³-hybridized carbons (Fsp3) is 0.222. The molecule has 0 unspecified atom stereocenters. The molecule has 0 spiro atoms. The first-order valence-electron chi connectivity index (χ1n) is 8.90. The molecule has 0 fully saturated rings. The third-order valence-electron chi connectivity index (χ3n) is 4.59. The molecule has 0 saturated carbocycles. The van der Waals surface area contributed by atoms with Crippen LogP contribution >= 0.6 is 23.1 Å². The summed E-state index contributed by atoms with van der Waals surface area (Å²) in [5.74, 6) is 0.0809. The van der Waals surface area contributed by atoms with Gasteiger partial charge in [0.05, 0.1) is 12.7 Å². The van der Waals surface area contributed by atoms with Crippen LogP contribution in [0.25, 0.3) is 11.2 Å². The van der Waals surface area contributed by atoms with E-state index < -0.39 is 11.2 Å². The molecule has 1 amide bonds. The Morgan fingerprint density at radius 2 is 1.84 bits per heavy atom. The molecule has 0 aliphatic carbocycles. The number of hydrogen-bond donors (Lipinski definition) is 1. The van der Waals surface area contributed by atoms with Crippen LogP contribution in [0.3, 0.4) is 0 Å². The van der Waals surface area contributed by atoms with Crippen LogP contribution in [0.5, 0.6) is 5.75 Å². The highest BCUT2D eigenvalue weighted by Crippen LogP contribution is 2.32. The van der Waals surface area contributed by atoms with Crippen molar-refractivity contribution >= 4 is 45.3 Å². The molecule has 3 aromatic heterocycles. The summed E-state index contributed by atoms with van der Waals surface area (Å²) in [6.07, 6.45) is 0. The normalized spacial score (nSPS) is 11.1. The first kappa shape index (κ1) is 20.8. The Hall–Kier alpha value is -3.45. The Kier molecular flexibility index (Phi) is 5.37. The summed E-state index contributed by atoms with van der Waals surface area (Å²) < 4.78 is 9.68. The number of para-hydroxylation sites is 1. The first-order valence-corrected chi connectivity index (χ1v) is 10.5. The number of ether oxygens (including phenoxy) is 1. The summed E-state index contributed by atoms with van der Waals surface area (Å²) in [7, 11) is 6.16. The van der Waals surface area contributed by atoms with E-state index in [0.717, 1.165) is 15.9 Å². The van der Waals surface area contributed by atoms with Crippen LogP contribution in [0.1, 0.15) is 10.4 Å². The number of methoxy groups -OCH3 is 1. The number of imidazole rings is 1. The van der Waals surface area contributed by atoms with Gasteiger partial charge in [-0.15, -0.1) is 10.2 Å². The number of carbonyl (C=O) groups excluding carboxylic acids is 1. The molecule has 0 aliphatic heterocycles. The molecule has 3 heterocycles. The van der Waals surface area contributed by atoms with Gasteiger partial charge in [-0.25, -0.2) is 9.78 Å². The zero-order valence-corrected chi connectivity index (χ0v) is 18.6. The lowest BCUT2D eigenvalue weighted by Crippen LogP contribution is -2.37. The number of nitrogens with one attached hydrogen (secondary N) is 1. The van der Waals surface area contributed by atoms with E-state index in [4.69, 9.17) is 4.74 Å². The quantitative estimate of drug-likeness (QED) is 0.442. The van der Waals surface area contributed by atoms with Crippen molar-refractivity contribution < 1.29 is 9.53 Å². The Balaban J connectivity index is 1.60. The van der Waals surface area contributed by atoms with Crippen molar-refractivity contribution in [3.63, 3.8) is 0 Å². The van der Waals surface area contributed by atoms with Crippen LogP contribution in [0.4, 0.5) is 5.13 Å². The van der Waals surface area contributed by atoms with Gasteiger partial charge in [-0.2, -0.15) is 0 Å². The molecule has 4 rings (SSSR count). The number of amides is 1. The van der Waals surface area contributed by atoms with E-state index in [1.807, 2.05) is 0 Å². The molecule has 11 nitrogen and oxygen atoms in total. The van der Waals surface area contributed by atoms with Crippen molar-refractivity contribution in [1.82, 2.24) is 28.9 Å². The highest BCUT2D eigenvalue weighted by molar-refractivity contribution is 8.01. The summed E-state index contributed by atoms with van der Waals surface area (Å²) >= 11 is 2.34. The molecular weight excluding hydrogens is 442 g/mol. The van der Waals surface area contributed by atoms with E-state index in [-0.39, 0.29) is 11.6 Å². The van der Waals surface area contributed by atoms with E-state index >= 15 is 0 Å². The topological polar surface area (TPSA) is 126 Å². The summed E-state index contributed by atoms with van der Waals surface area (Å²) in [5, 5.41) is 11.5. The third kappa shape index (κ3) is 3.61. The summed E-state index contributed by atoms with van der Waals surface area (Å²) in [6, 6.07) is 6.85. The summed E-state index contributed by atoms with van der Waals surface area (Å²) in [6.45, 7) is 0. The maximum Gasteiger partial charge on any atom is 0.332 e. The SMILES string of the molecule is COc1ccccc1C(=O)Nc1nnc(Sc2nc3c(c(=O)n(C)c(=O)n3C)n2C)s1. The number of anilines is 1. The smallest absolute Gasteiger partial charge is 0.332 e. The van der Waals surface area contributed by atoms with Gasteiger partial charge in [0.1, 0.15) is 5.75 Å². The van der Waals surface area contributed by atoms with Gasteiger partial charge in [0.25, 0.3) is 11.5 Å². The number of carbonyl (C=O) groups is 1. The predicted molar refractivity (Wildman–Crippen MR) is 116 cm³/mol. The molecular formula is C18H17N7O4S2. The second-order valence-electron chi connectivity index (χ2n) is 6.46. The largest absolute Gasteiger partial charge is 0.496 e. The summed E-state index contributed by atoms with van der Waals surface area (Å²) in [5.41, 5.74) is 0.0847. The highest BCUT2D eigenvalue weighted by atomic mass is 32.2. The number of rotatable bonds is 5. The van der Waals surface area contributed by atoms with Gasteiger partial charge in [-0.1, -0.05) is 23.5 Å². The second-order valence-corrected chi connectivity index (χ2v) is 8.65. The Morgan fingerprint density at radius 3 is 2.58 bits per heavy atom. The molecule has 0 saturated heterocycles. The second kappa shape index (κ2) is 8.00. The number of benzene rings is 1. The van der Waals surface area contributed by atoms with E-state index in [9.17, 15) is 14.4 Å². The van der Waals surface area contributed by atoms with Crippen LogP contribution in [-0.4, -0.2) is 41.9 Å². The van der Waals surface area contributed by atoms with Crippen LogP contribution in [-0.2, 0) is 21.1 Å². The van der Waals surface area contributed by atoms with Crippen molar-refractivity contribution in [1.29, 1.82) is 0 Å². The number of aryl methyl sites for hydroxylation is 2. The van der Waals surface area contributed by atoms with Crippen LogP contribution in [0.2, 0.25) is 0 Å². The highest BCUT2D eigenvalue weighted by Gasteiger charge is 2.20. The van der Waals surface area contributed by atoms with E-state index in [1.165, 1.54) is 30.5 Å². The number of nitrogens with zero attached hydrogens (tertiary/aromatic N) is 6. The first-order chi connectivity index (χ1) is 14.8. The molecule has 0 aliphatic rings. The zero-order valence-electron chi connectivity index (χ0n) is 16.9. The van der Waals surface area contributed by atoms with Crippen molar-refractivity contribution in [3.05, 3.63) is 50.7 Å². The van der Waals surface area contributed by atoms with Crippen LogP contribution in [0.15, 0.2) is 43.4 Å². The standard InChI is InChI=1S/C18H17N7O4S2/c1-23-11-12(24(2)18(28)25(3)14(11)27)19-16(23)31-17-22-21-15(30-17)20-13(26)9-7-5-6-8-10(9)29-4/h5-8H,1-4H3,(H,20,21,26). The van der Waals surface area contributed by atoms with E-state index in [2.05, 4.69) is 20.5 Å². The van der Waals surface area contributed by atoms with Gasteiger partial charge in [0, 0.05) is 21.1 Å². The zero-order chi connectivity index (χ0) is 22.3. The molecule has 1 N–H and O–H groups in total. The maximum absolute atomic E-state index is 12.5. The van der Waals surface area contributed by atoms with E-state index in [1.54, 1.807) is 42.9 Å². The lowest BCUT2D eigenvalue weighted by atomic mass is 10.2. The Morgan fingerprint density at radius 1 is 1.10 bits per heavy atom. The van der Waals surface area contributed by atoms with Crippen molar-refractivity contribution in [2.75, 3.05) is 12.4 Å². The van der Waals surface area contributed by atoms with Gasteiger partial charge in [-0.3, -0.25) is 24.0 Å². The minimum Gasteiger partial charge on any atom is -0.496 e. The molecule has 4 aromatic rings. The lowest BCUT2D eigenvalue weighted by molar-refractivity contribution is 0.102. The van der Waals surface area contributed by atoms with Crippen molar-refractivity contribution in [3.8, 4) is 5.75 Å². The number of aromatic nitrogens is 6. The van der Waals surface area contributed by atoms with Crippen LogP contribution < -0.4 is 21.3 Å². The Bertz CT molecular complexity index is 1430. The van der Waals surface area contributed by atoms with E-state index in [0.29, 0.717) is 31.5 Å². The fourth-order valence-electron chi connectivity index (χ4n) is 2.97. The maximum atomic E-state index is 12.5. The third-order valence-corrected chi connectivity index (χ3v) is 6.53. The van der Waals surface area contributed by atoms with Gasteiger partial charge in [0.2, 0.25) is 5.13 Å². The minimum absolute atomic E-state index is 0.285. The number of fused-ring (bicyclic) bond motifs is 1. The lowest BCUT2D eigenvalue weighted by Gasteiger charge is -2.06. The molecule has 160 valence electrons. The fourth-order valence-corrected chi connectivity index (χ4v) is 4.66. The van der Waals surface area contributed by atoms with Crippen molar-refractivity contribution in [2.45, 2.75) is 9.50 Å². The van der Waals surface area contributed by atoms with Gasteiger partial charge < -0.3 is 9.30 Å². The molecule has 31 heavy (non-hydrogen) atoms. The molecule has 0 radical (unpaired) electrons. The minimum atomic E-state index is -0.454. The average Bonchev–Trinajstić information content (AvgIpc) is 3.35. The monoisotopic (exact) mass is 459 g/mol. The predicted octanol–water partition coefficient (Wildman–Crippen LogP) is 1.23.